The summed E-state index contributed by atoms with van der Waals surface area (Å²) in [4.78, 5) is 0. The Labute approximate surface area is 108 Å². The van der Waals surface area contributed by atoms with E-state index in [1.807, 2.05) is 6.07 Å². The average molecular weight is 260 g/mol. The van der Waals surface area contributed by atoms with E-state index >= 15 is 0 Å². The van der Waals surface area contributed by atoms with Crippen molar-refractivity contribution in [1.82, 2.24) is 0 Å². The quantitative estimate of drug-likeness (QED) is 0.863. The highest BCUT2D eigenvalue weighted by molar-refractivity contribution is 5.44. The van der Waals surface area contributed by atoms with Crippen LogP contribution in [0, 0.1) is 23.0 Å². The Bertz CT molecular complexity index is 650. The first kappa shape index (κ1) is 12.8. The topological polar surface area (TPSA) is 59.0 Å². The largest absolute Gasteiger partial charge is 0.486 e. The molecule has 2 aromatic rings. The van der Waals surface area contributed by atoms with E-state index in [0.29, 0.717) is 11.1 Å². The summed E-state index contributed by atoms with van der Waals surface area (Å²) in [5, 5.41) is 8.74. The van der Waals surface area contributed by atoms with Crippen molar-refractivity contribution in [2.24, 2.45) is 0 Å². The molecule has 2 aromatic carbocycles. The minimum atomic E-state index is -0.734. The van der Waals surface area contributed by atoms with Gasteiger partial charge in [-0.2, -0.15) is 5.26 Å². The van der Waals surface area contributed by atoms with E-state index in [2.05, 4.69) is 0 Å². The second kappa shape index (κ2) is 5.36. The molecule has 2 N–H and O–H groups in total. The number of ether oxygens (including phenoxy) is 1. The lowest BCUT2D eigenvalue weighted by Crippen LogP contribution is -2.00. The van der Waals surface area contributed by atoms with Gasteiger partial charge < -0.3 is 10.5 Å². The molecule has 0 aliphatic rings. The van der Waals surface area contributed by atoms with Crippen LogP contribution < -0.4 is 10.5 Å². The summed E-state index contributed by atoms with van der Waals surface area (Å²) in [5.41, 5.74) is 6.13. The van der Waals surface area contributed by atoms with Gasteiger partial charge in [0, 0.05) is 12.1 Å². The maximum Gasteiger partial charge on any atom is 0.167 e. The molecule has 5 heteroatoms. The minimum Gasteiger partial charge on any atom is -0.486 e. The molecular formula is C14H10F2N2O. The zero-order valence-electron chi connectivity index (χ0n) is 9.86. The number of hydrogen-bond donors (Lipinski definition) is 1. The number of benzene rings is 2. The van der Waals surface area contributed by atoms with Crippen LogP contribution in [0.4, 0.5) is 14.5 Å². The van der Waals surface area contributed by atoms with Gasteiger partial charge in [0.2, 0.25) is 0 Å². The van der Waals surface area contributed by atoms with Crippen LogP contribution in [0.2, 0.25) is 0 Å². The number of rotatable bonds is 3. The van der Waals surface area contributed by atoms with Gasteiger partial charge in [-0.25, -0.2) is 8.78 Å². The van der Waals surface area contributed by atoms with Crippen molar-refractivity contribution in [2.75, 3.05) is 5.73 Å². The summed E-state index contributed by atoms with van der Waals surface area (Å²) in [7, 11) is 0. The Kier molecular flexibility index (Phi) is 3.62. The molecule has 0 radical (unpaired) electrons. The molecule has 0 saturated heterocycles. The van der Waals surface area contributed by atoms with Crippen molar-refractivity contribution < 1.29 is 13.5 Å². The Morgan fingerprint density at radius 1 is 1.16 bits per heavy atom. The second-order valence-electron chi connectivity index (χ2n) is 3.90. The maximum atomic E-state index is 13.5. The molecule has 96 valence electrons. The van der Waals surface area contributed by atoms with Crippen LogP contribution in [0.1, 0.15) is 11.1 Å². The molecule has 2 rings (SSSR count). The van der Waals surface area contributed by atoms with Crippen LogP contribution in [0.3, 0.4) is 0 Å². The normalized spacial score (nSPS) is 9.95. The number of nitrogens with two attached hydrogens (primary N) is 1. The Balaban J connectivity index is 2.14. The third kappa shape index (κ3) is 2.99. The fraction of sp³-hybridized carbons (Fsp3) is 0.0714. The maximum absolute atomic E-state index is 13.5. The van der Waals surface area contributed by atoms with Gasteiger partial charge >= 0.3 is 0 Å². The second-order valence-corrected chi connectivity index (χ2v) is 3.90. The minimum absolute atomic E-state index is 0.0375. The highest BCUT2D eigenvalue weighted by atomic mass is 19.1. The molecule has 0 spiro atoms. The van der Waals surface area contributed by atoms with Crippen molar-refractivity contribution in [2.45, 2.75) is 6.61 Å². The predicted molar refractivity (Wildman–Crippen MR) is 66.3 cm³/mol. The van der Waals surface area contributed by atoms with Crippen LogP contribution in [0.5, 0.6) is 5.75 Å². The average Bonchev–Trinajstić information content (AvgIpc) is 2.41. The smallest absolute Gasteiger partial charge is 0.167 e. The number of nitrogens with zero attached hydrogens (tertiary/aromatic N) is 1. The van der Waals surface area contributed by atoms with Crippen molar-refractivity contribution in [1.29, 1.82) is 5.26 Å². The van der Waals surface area contributed by atoms with E-state index in [1.165, 1.54) is 0 Å². The summed E-state index contributed by atoms with van der Waals surface area (Å²) in [6, 6.07) is 10.4. The molecule has 0 aliphatic carbocycles. The van der Waals surface area contributed by atoms with E-state index in [-0.39, 0.29) is 18.0 Å². The monoisotopic (exact) mass is 260 g/mol. The van der Waals surface area contributed by atoms with Crippen molar-refractivity contribution in [3.05, 3.63) is 59.2 Å². The van der Waals surface area contributed by atoms with Crippen molar-refractivity contribution >= 4 is 5.69 Å². The van der Waals surface area contributed by atoms with Crippen LogP contribution >= 0.6 is 0 Å². The van der Waals surface area contributed by atoms with E-state index in [1.54, 1.807) is 24.3 Å². The number of hydrogen-bond acceptors (Lipinski definition) is 3. The molecule has 0 heterocycles. The molecule has 0 atom stereocenters. The highest BCUT2D eigenvalue weighted by Crippen LogP contribution is 2.23. The molecule has 0 amide bonds. The molecule has 19 heavy (non-hydrogen) atoms. The Morgan fingerprint density at radius 3 is 2.68 bits per heavy atom. The first-order valence-corrected chi connectivity index (χ1v) is 5.46. The van der Waals surface area contributed by atoms with E-state index in [4.69, 9.17) is 15.7 Å². The van der Waals surface area contributed by atoms with Crippen LogP contribution in [0.25, 0.3) is 0 Å². The van der Waals surface area contributed by atoms with Gasteiger partial charge in [-0.15, -0.1) is 0 Å². The number of anilines is 1. The summed E-state index contributed by atoms with van der Waals surface area (Å²) in [6.45, 7) is 0.0375. The number of nitrogen functional groups attached to an aromatic ring is 1. The van der Waals surface area contributed by atoms with Gasteiger partial charge in [-0.1, -0.05) is 12.1 Å². The van der Waals surface area contributed by atoms with Crippen LogP contribution in [-0.4, -0.2) is 0 Å². The molecule has 0 saturated carbocycles. The van der Waals surface area contributed by atoms with E-state index in [9.17, 15) is 8.78 Å². The fourth-order valence-corrected chi connectivity index (χ4v) is 1.55. The molecule has 0 unspecified atom stereocenters. The van der Waals surface area contributed by atoms with E-state index < -0.39 is 11.6 Å². The third-order valence-corrected chi connectivity index (χ3v) is 2.50. The van der Waals surface area contributed by atoms with Gasteiger partial charge in [-0.3, -0.25) is 0 Å². The molecule has 0 fully saturated rings. The zero-order valence-corrected chi connectivity index (χ0v) is 9.86. The van der Waals surface area contributed by atoms with E-state index in [0.717, 1.165) is 12.1 Å². The first-order valence-electron chi connectivity index (χ1n) is 5.46. The van der Waals surface area contributed by atoms with Gasteiger partial charge in [0.1, 0.15) is 12.4 Å². The summed E-state index contributed by atoms with van der Waals surface area (Å²) >= 11 is 0. The predicted octanol–water partition coefficient (Wildman–Crippen LogP) is 3.00. The van der Waals surface area contributed by atoms with Gasteiger partial charge in [-0.05, 0) is 17.7 Å². The molecular weight excluding hydrogens is 250 g/mol. The lowest BCUT2D eigenvalue weighted by Gasteiger charge is -2.08. The van der Waals surface area contributed by atoms with Crippen LogP contribution in [0.15, 0.2) is 36.4 Å². The van der Waals surface area contributed by atoms with Gasteiger partial charge in [0.25, 0.3) is 0 Å². The van der Waals surface area contributed by atoms with Crippen LogP contribution in [-0.2, 0) is 6.61 Å². The SMILES string of the molecule is N#Cc1cccc(COc2cc(F)c(N)cc2F)c1. The Hall–Kier alpha value is -2.61. The standard InChI is InChI=1S/C14H10F2N2O/c15-11-6-14(12(16)5-13(11)18)19-8-10-3-1-2-9(4-10)7-17/h1-6H,8,18H2. The third-order valence-electron chi connectivity index (χ3n) is 2.50. The summed E-state index contributed by atoms with van der Waals surface area (Å²) in [6.07, 6.45) is 0. The van der Waals surface area contributed by atoms with Gasteiger partial charge in [0.05, 0.1) is 17.3 Å². The first-order chi connectivity index (χ1) is 9.10. The summed E-state index contributed by atoms with van der Waals surface area (Å²) in [5.74, 6) is -1.67. The lowest BCUT2D eigenvalue weighted by molar-refractivity contribution is 0.288. The summed E-state index contributed by atoms with van der Waals surface area (Å²) < 4.78 is 31.8. The number of halogens is 2. The van der Waals surface area contributed by atoms with Crippen molar-refractivity contribution in [3.63, 3.8) is 0 Å². The number of nitriles is 1. The molecule has 3 nitrogen and oxygen atoms in total. The Morgan fingerprint density at radius 2 is 1.95 bits per heavy atom. The zero-order chi connectivity index (χ0) is 13.8. The molecule has 0 aromatic heterocycles. The fourth-order valence-electron chi connectivity index (χ4n) is 1.55. The lowest BCUT2D eigenvalue weighted by atomic mass is 10.1. The molecule has 0 aliphatic heterocycles. The highest BCUT2D eigenvalue weighted by Gasteiger charge is 2.09. The van der Waals surface area contributed by atoms with Crippen molar-refractivity contribution in [3.8, 4) is 11.8 Å². The molecule has 0 bridgehead atoms. The van der Waals surface area contributed by atoms with Gasteiger partial charge in [0.15, 0.2) is 11.6 Å².